The molecule has 2 nitrogen and oxygen atoms in total. The van der Waals surface area contributed by atoms with E-state index in [9.17, 15) is 0 Å². The predicted octanol–water partition coefficient (Wildman–Crippen LogP) is 3.97. The Hall–Kier alpha value is -1.02. The van der Waals surface area contributed by atoms with Crippen LogP contribution in [0, 0.1) is 5.92 Å². The SMILES string of the molecule is CNCC(c1ccc(OC)cc1)C1CCCCCC1. The maximum absolute atomic E-state index is 5.26. The van der Waals surface area contributed by atoms with E-state index in [0.29, 0.717) is 5.92 Å². The van der Waals surface area contributed by atoms with Gasteiger partial charge in [-0.25, -0.2) is 0 Å². The van der Waals surface area contributed by atoms with Crippen LogP contribution in [-0.2, 0) is 0 Å². The van der Waals surface area contributed by atoms with Crippen molar-refractivity contribution in [1.82, 2.24) is 5.32 Å². The molecule has 0 saturated heterocycles. The maximum Gasteiger partial charge on any atom is 0.118 e. The van der Waals surface area contributed by atoms with Crippen molar-refractivity contribution in [3.8, 4) is 5.75 Å². The summed E-state index contributed by atoms with van der Waals surface area (Å²) in [5, 5.41) is 3.38. The van der Waals surface area contributed by atoms with Gasteiger partial charge in [0.1, 0.15) is 5.75 Å². The zero-order valence-corrected chi connectivity index (χ0v) is 12.3. The standard InChI is InChI=1S/C17H27NO/c1-18-13-17(14-7-5-3-4-6-8-14)15-9-11-16(19-2)12-10-15/h9-12,14,17-18H,3-8,13H2,1-2H3. The number of nitrogens with one attached hydrogen (secondary N) is 1. The molecule has 1 unspecified atom stereocenters. The van der Waals surface area contributed by atoms with Crippen molar-refractivity contribution in [1.29, 1.82) is 0 Å². The summed E-state index contributed by atoms with van der Waals surface area (Å²) < 4.78 is 5.26. The Morgan fingerprint density at radius 2 is 1.74 bits per heavy atom. The molecule has 0 heterocycles. The third-order valence-electron chi connectivity index (χ3n) is 4.44. The van der Waals surface area contributed by atoms with E-state index in [1.54, 1.807) is 7.11 Å². The lowest BCUT2D eigenvalue weighted by atomic mass is 9.81. The van der Waals surface area contributed by atoms with Crippen LogP contribution in [0.15, 0.2) is 24.3 Å². The molecule has 0 radical (unpaired) electrons. The highest BCUT2D eigenvalue weighted by molar-refractivity contribution is 5.30. The van der Waals surface area contributed by atoms with Gasteiger partial charge in [-0.1, -0.05) is 37.8 Å². The highest BCUT2D eigenvalue weighted by atomic mass is 16.5. The Kier molecular flexibility index (Phi) is 5.71. The second-order valence-corrected chi connectivity index (χ2v) is 5.69. The Labute approximate surface area is 117 Å². The Morgan fingerprint density at radius 1 is 1.11 bits per heavy atom. The number of hydrogen-bond donors (Lipinski definition) is 1. The van der Waals surface area contributed by atoms with Crippen LogP contribution in [0.3, 0.4) is 0 Å². The maximum atomic E-state index is 5.26. The van der Waals surface area contributed by atoms with Crippen LogP contribution in [0.25, 0.3) is 0 Å². The summed E-state index contributed by atoms with van der Waals surface area (Å²) in [5.41, 5.74) is 1.46. The molecule has 1 aliphatic rings. The number of methoxy groups -OCH3 is 1. The van der Waals surface area contributed by atoms with Crippen molar-refractivity contribution in [3.05, 3.63) is 29.8 Å². The summed E-state index contributed by atoms with van der Waals surface area (Å²) >= 11 is 0. The molecule has 1 atom stereocenters. The molecule has 2 rings (SSSR count). The van der Waals surface area contributed by atoms with E-state index in [-0.39, 0.29) is 0 Å². The first-order valence-electron chi connectivity index (χ1n) is 7.63. The fourth-order valence-electron chi connectivity index (χ4n) is 3.34. The number of hydrogen-bond acceptors (Lipinski definition) is 2. The number of benzene rings is 1. The highest BCUT2D eigenvalue weighted by Crippen LogP contribution is 2.35. The first kappa shape index (κ1) is 14.4. The van der Waals surface area contributed by atoms with E-state index in [0.717, 1.165) is 18.2 Å². The van der Waals surface area contributed by atoms with E-state index in [1.807, 2.05) is 0 Å². The number of likely N-dealkylation sites (N-methyl/N-ethyl adjacent to an activating group) is 1. The minimum atomic E-state index is 0.647. The fourth-order valence-corrected chi connectivity index (χ4v) is 3.34. The minimum Gasteiger partial charge on any atom is -0.497 e. The van der Waals surface area contributed by atoms with Gasteiger partial charge in [-0.2, -0.15) is 0 Å². The van der Waals surface area contributed by atoms with E-state index < -0.39 is 0 Å². The van der Waals surface area contributed by atoms with Gasteiger partial charge >= 0.3 is 0 Å². The molecule has 0 aromatic heterocycles. The Bertz CT molecular complexity index is 352. The van der Waals surface area contributed by atoms with Crippen LogP contribution in [0.4, 0.5) is 0 Å². The van der Waals surface area contributed by atoms with Crippen LogP contribution in [0.2, 0.25) is 0 Å². The van der Waals surface area contributed by atoms with Gasteiger partial charge in [0, 0.05) is 6.54 Å². The van der Waals surface area contributed by atoms with E-state index >= 15 is 0 Å². The molecule has 0 aliphatic heterocycles. The molecular formula is C17H27NO. The van der Waals surface area contributed by atoms with Gasteiger partial charge in [0.2, 0.25) is 0 Å². The zero-order valence-electron chi connectivity index (χ0n) is 12.3. The highest BCUT2D eigenvalue weighted by Gasteiger charge is 2.23. The van der Waals surface area contributed by atoms with Crippen molar-refractivity contribution < 1.29 is 4.74 Å². The van der Waals surface area contributed by atoms with Gasteiger partial charge in [0.15, 0.2) is 0 Å². The molecular weight excluding hydrogens is 234 g/mol. The van der Waals surface area contributed by atoms with Crippen molar-refractivity contribution in [3.63, 3.8) is 0 Å². The van der Waals surface area contributed by atoms with Gasteiger partial charge in [-0.05, 0) is 49.4 Å². The average Bonchev–Trinajstić information content (AvgIpc) is 2.74. The summed E-state index contributed by atoms with van der Waals surface area (Å²) in [7, 11) is 3.79. The summed E-state index contributed by atoms with van der Waals surface area (Å²) in [6, 6.07) is 8.67. The average molecular weight is 261 g/mol. The summed E-state index contributed by atoms with van der Waals surface area (Å²) in [6.45, 7) is 1.08. The molecule has 1 aromatic rings. The van der Waals surface area contributed by atoms with Crippen molar-refractivity contribution in [2.24, 2.45) is 5.92 Å². The second-order valence-electron chi connectivity index (χ2n) is 5.69. The second kappa shape index (κ2) is 7.54. The molecule has 106 valence electrons. The van der Waals surface area contributed by atoms with Crippen molar-refractivity contribution in [2.45, 2.75) is 44.4 Å². The Morgan fingerprint density at radius 3 is 2.26 bits per heavy atom. The normalized spacial score (nSPS) is 18.8. The fraction of sp³-hybridized carbons (Fsp3) is 0.647. The molecule has 0 bridgehead atoms. The quantitative estimate of drug-likeness (QED) is 0.810. The Balaban J connectivity index is 2.12. The largest absolute Gasteiger partial charge is 0.497 e. The number of rotatable bonds is 5. The third kappa shape index (κ3) is 3.97. The van der Waals surface area contributed by atoms with Crippen LogP contribution in [0.5, 0.6) is 5.75 Å². The van der Waals surface area contributed by atoms with E-state index in [4.69, 9.17) is 4.74 Å². The third-order valence-corrected chi connectivity index (χ3v) is 4.44. The monoisotopic (exact) mass is 261 g/mol. The van der Waals surface area contributed by atoms with Crippen molar-refractivity contribution in [2.75, 3.05) is 20.7 Å². The molecule has 1 N–H and O–H groups in total. The summed E-state index contributed by atoms with van der Waals surface area (Å²) in [4.78, 5) is 0. The van der Waals surface area contributed by atoms with Gasteiger partial charge in [0.25, 0.3) is 0 Å². The lowest BCUT2D eigenvalue weighted by Crippen LogP contribution is -2.24. The minimum absolute atomic E-state index is 0.647. The molecule has 0 amide bonds. The summed E-state index contributed by atoms with van der Waals surface area (Å²) in [6.07, 6.45) is 8.43. The first-order chi connectivity index (χ1) is 9.35. The van der Waals surface area contributed by atoms with E-state index in [1.165, 1.54) is 44.1 Å². The molecule has 1 aromatic carbocycles. The van der Waals surface area contributed by atoms with Gasteiger partial charge in [-0.15, -0.1) is 0 Å². The van der Waals surface area contributed by atoms with Crippen molar-refractivity contribution >= 4 is 0 Å². The van der Waals surface area contributed by atoms with Gasteiger partial charge < -0.3 is 10.1 Å². The van der Waals surface area contributed by atoms with Crippen LogP contribution >= 0.6 is 0 Å². The van der Waals surface area contributed by atoms with E-state index in [2.05, 4.69) is 36.6 Å². The zero-order chi connectivity index (χ0) is 13.5. The van der Waals surface area contributed by atoms with Gasteiger partial charge in [0.05, 0.1) is 7.11 Å². The molecule has 1 fully saturated rings. The lowest BCUT2D eigenvalue weighted by Gasteiger charge is -2.26. The van der Waals surface area contributed by atoms with Crippen LogP contribution in [-0.4, -0.2) is 20.7 Å². The molecule has 19 heavy (non-hydrogen) atoms. The predicted molar refractivity (Wildman–Crippen MR) is 80.9 cm³/mol. The topological polar surface area (TPSA) is 21.3 Å². The first-order valence-corrected chi connectivity index (χ1v) is 7.63. The molecule has 0 spiro atoms. The molecule has 2 heteroatoms. The lowest BCUT2D eigenvalue weighted by molar-refractivity contribution is 0.366. The van der Waals surface area contributed by atoms with Crippen LogP contribution in [0.1, 0.15) is 50.0 Å². The molecule has 1 aliphatic carbocycles. The van der Waals surface area contributed by atoms with Crippen LogP contribution < -0.4 is 10.1 Å². The smallest absolute Gasteiger partial charge is 0.118 e. The molecule has 1 saturated carbocycles. The van der Waals surface area contributed by atoms with Gasteiger partial charge in [-0.3, -0.25) is 0 Å². The summed E-state index contributed by atoms with van der Waals surface area (Å²) in [5.74, 6) is 2.44. The number of ether oxygens (including phenoxy) is 1.